The molecule has 1 aromatic rings. The first kappa shape index (κ1) is 12.9. The fraction of sp³-hybridized carbons (Fsp3) is 0.417. The summed E-state index contributed by atoms with van der Waals surface area (Å²) in [5, 5.41) is 0. The summed E-state index contributed by atoms with van der Waals surface area (Å²) < 4.78 is 31.8. The molecule has 1 amide bonds. The van der Waals surface area contributed by atoms with Gasteiger partial charge in [0.1, 0.15) is 0 Å². The Balaban J connectivity index is 2.27. The molecule has 1 heterocycles. The zero-order valence-electron chi connectivity index (χ0n) is 9.73. The summed E-state index contributed by atoms with van der Waals surface area (Å²) >= 11 is 0. The lowest BCUT2D eigenvalue weighted by molar-refractivity contribution is 0.000554. The van der Waals surface area contributed by atoms with Crippen LogP contribution in [0.15, 0.2) is 18.2 Å². The Morgan fingerprint density at radius 2 is 2.28 bits per heavy atom. The Morgan fingerprint density at radius 3 is 3.00 bits per heavy atom. The molecule has 1 atom stereocenters. The van der Waals surface area contributed by atoms with Crippen molar-refractivity contribution in [3.8, 4) is 0 Å². The van der Waals surface area contributed by atoms with Crippen molar-refractivity contribution in [1.82, 2.24) is 4.90 Å². The summed E-state index contributed by atoms with van der Waals surface area (Å²) in [5.74, 6) is -2.70. The Labute approximate surface area is 103 Å². The number of carbonyl (C=O) groups excluding carboxylic acids is 1. The average Bonchev–Trinajstić information content (AvgIpc) is 2.41. The highest BCUT2D eigenvalue weighted by atomic mass is 19.2. The maximum atomic E-state index is 13.6. The summed E-state index contributed by atoms with van der Waals surface area (Å²) in [4.78, 5) is 13.6. The van der Waals surface area contributed by atoms with Crippen LogP contribution in [-0.2, 0) is 4.74 Å². The van der Waals surface area contributed by atoms with Gasteiger partial charge in [-0.05, 0) is 12.1 Å². The Morgan fingerprint density at radius 1 is 1.50 bits per heavy atom. The quantitative estimate of drug-likeness (QED) is 0.850. The third-order valence-corrected chi connectivity index (χ3v) is 2.94. The van der Waals surface area contributed by atoms with E-state index in [0.29, 0.717) is 19.8 Å². The van der Waals surface area contributed by atoms with Crippen LogP contribution in [0.2, 0.25) is 0 Å². The van der Waals surface area contributed by atoms with Gasteiger partial charge in [-0.25, -0.2) is 8.78 Å². The molecule has 1 fully saturated rings. The van der Waals surface area contributed by atoms with Crippen LogP contribution >= 0.6 is 0 Å². The number of amides is 1. The van der Waals surface area contributed by atoms with Crippen LogP contribution in [-0.4, -0.2) is 43.2 Å². The molecule has 0 aliphatic carbocycles. The molecule has 0 saturated carbocycles. The first-order valence-electron chi connectivity index (χ1n) is 5.68. The molecule has 4 nitrogen and oxygen atoms in total. The molecule has 98 valence electrons. The van der Waals surface area contributed by atoms with Crippen molar-refractivity contribution in [1.29, 1.82) is 0 Å². The van der Waals surface area contributed by atoms with Crippen molar-refractivity contribution in [2.24, 2.45) is 5.73 Å². The summed E-state index contributed by atoms with van der Waals surface area (Å²) in [5.41, 5.74) is 5.27. The second-order valence-corrected chi connectivity index (χ2v) is 4.06. The van der Waals surface area contributed by atoms with Gasteiger partial charge < -0.3 is 15.4 Å². The lowest BCUT2D eigenvalue weighted by Crippen LogP contribution is -2.52. The zero-order valence-corrected chi connectivity index (χ0v) is 9.73. The molecule has 1 aliphatic heterocycles. The van der Waals surface area contributed by atoms with E-state index in [4.69, 9.17) is 10.5 Å². The van der Waals surface area contributed by atoms with Crippen molar-refractivity contribution in [2.45, 2.75) is 6.04 Å². The van der Waals surface area contributed by atoms with Gasteiger partial charge in [-0.1, -0.05) is 6.07 Å². The molecule has 0 spiro atoms. The third kappa shape index (κ3) is 2.34. The standard InChI is InChI=1S/C12H14F2N2O2/c13-10-3-1-2-9(11(10)14)12(17)16-4-5-18-7-8(16)6-15/h1-3,8H,4-7,15H2. The number of hydrogen-bond acceptors (Lipinski definition) is 3. The van der Waals surface area contributed by atoms with Gasteiger partial charge in [-0.2, -0.15) is 0 Å². The number of ether oxygens (including phenoxy) is 1. The number of nitrogens with zero attached hydrogens (tertiary/aromatic N) is 1. The van der Waals surface area contributed by atoms with Crippen LogP contribution in [0, 0.1) is 11.6 Å². The van der Waals surface area contributed by atoms with Gasteiger partial charge in [0.15, 0.2) is 11.6 Å². The van der Waals surface area contributed by atoms with E-state index in [1.165, 1.54) is 17.0 Å². The van der Waals surface area contributed by atoms with Crippen molar-refractivity contribution < 1.29 is 18.3 Å². The van der Waals surface area contributed by atoms with E-state index < -0.39 is 17.5 Å². The lowest BCUT2D eigenvalue weighted by Gasteiger charge is -2.35. The first-order valence-corrected chi connectivity index (χ1v) is 5.68. The molecule has 6 heteroatoms. The number of carbonyl (C=O) groups is 1. The van der Waals surface area contributed by atoms with E-state index in [1.54, 1.807) is 0 Å². The van der Waals surface area contributed by atoms with Gasteiger partial charge in [0, 0.05) is 13.1 Å². The van der Waals surface area contributed by atoms with E-state index in [1.807, 2.05) is 0 Å². The second kappa shape index (κ2) is 5.41. The molecule has 1 aromatic carbocycles. The van der Waals surface area contributed by atoms with E-state index in [9.17, 15) is 13.6 Å². The monoisotopic (exact) mass is 256 g/mol. The maximum Gasteiger partial charge on any atom is 0.257 e. The molecular weight excluding hydrogens is 242 g/mol. The lowest BCUT2D eigenvalue weighted by atomic mass is 10.1. The topological polar surface area (TPSA) is 55.6 Å². The Kier molecular flexibility index (Phi) is 3.88. The summed E-state index contributed by atoms with van der Waals surface area (Å²) in [7, 11) is 0. The maximum absolute atomic E-state index is 13.6. The van der Waals surface area contributed by atoms with Crippen LogP contribution in [0.5, 0.6) is 0 Å². The van der Waals surface area contributed by atoms with Crippen molar-refractivity contribution in [3.63, 3.8) is 0 Å². The minimum atomic E-state index is -1.12. The summed E-state index contributed by atoms with van der Waals surface area (Å²) in [6.07, 6.45) is 0. The number of benzene rings is 1. The zero-order chi connectivity index (χ0) is 13.1. The predicted molar refractivity (Wildman–Crippen MR) is 61.1 cm³/mol. The normalized spacial score (nSPS) is 19.9. The minimum absolute atomic E-state index is 0.225. The summed E-state index contributed by atoms with van der Waals surface area (Å²) in [6.45, 7) is 1.25. The Bertz CT molecular complexity index is 454. The molecule has 1 saturated heterocycles. The fourth-order valence-electron chi connectivity index (χ4n) is 1.94. The van der Waals surface area contributed by atoms with Crippen molar-refractivity contribution >= 4 is 5.91 Å². The van der Waals surface area contributed by atoms with Gasteiger partial charge in [-0.15, -0.1) is 0 Å². The van der Waals surface area contributed by atoms with Crippen molar-refractivity contribution in [3.05, 3.63) is 35.4 Å². The van der Waals surface area contributed by atoms with Crippen LogP contribution in [0.4, 0.5) is 8.78 Å². The van der Waals surface area contributed by atoms with Crippen LogP contribution < -0.4 is 5.73 Å². The second-order valence-electron chi connectivity index (χ2n) is 4.06. The van der Waals surface area contributed by atoms with Crippen molar-refractivity contribution in [2.75, 3.05) is 26.3 Å². The Hall–Kier alpha value is -1.53. The van der Waals surface area contributed by atoms with E-state index in [0.717, 1.165) is 6.07 Å². The fourth-order valence-corrected chi connectivity index (χ4v) is 1.94. The molecule has 1 aliphatic rings. The largest absolute Gasteiger partial charge is 0.377 e. The van der Waals surface area contributed by atoms with E-state index in [2.05, 4.69) is 0 Å². The van der Waals surface area contributed by atoms with Gasteiger partial charge in [0.25, 0.3) is 5.91 Å². The van der Waals surface area contributed by atoms with Gasteiger partial charge in [0.2, 0.25) is 0 Å². The molecule has 2 rings (SSSR count). The number of hydrogen-bond donors (Lipinski definition) is 1. The van der Waals surface area contributed by atoms with Crippen LogP contribution in [0.3, 0.4) is 0 Å². The van der Waals surface area contributed by atoms with E-state index >= 15 is 0 Å². The van der Waals surface area contributed by atoms with Gasteiger partial charge in [-0.3, -0.25) is 4.79 Å². The minimum Gasteiger partial charge on any atom is -0.377 e. The smallest absolute Gasteiger partial charge is 0.257 e. The molecule has 0 radical (unpaired) electrons. The van der Waals surface area contributed by atoms with Crippen LogP contribution in [0.1, 0.15) is 10.4 Å². The third-order valence-electron chi connectivity index (χ3n) is 2.94. The molecular formula is C12H14F2N2O2. The summed E-state index contributed by atoms with van der Waals surface area (Å²) in [6, 6.07) is 3.26. The number of rotatable bonds is 2. The highest BCUT2D eigenvalue weighted by Gasteiger charge is 2.29. The molecule has 0 aromatic heterocycles. The molecule has 1 unspecified atom stereocenters. The molecule has 18 heavy (non-hydrogen) atoms. The van der Waals surface area contributed by atoms with E-state index in [-0.39, 0.29) is 18.2 Å². The molecule has 2 N–H and O–H groups in total. The highest BCUT2D eigenvalue weighted by Crippen LogP contribution is 2.16. The number of morpholine rings is 1. The predicted octanol–water partition coefficient (Wildman–Crippen LogP) is 0.764. The molecule has 0 bridgehead atoms. The van der Waals surface area contributed by atoms with Crippen LogP contribution in [0.25, 0.3) is 0 Å². The average molecular weight is 256 g/mol. The van der Waals surface area contributed by atoms with Gasteiger partial charge in [0.05, 0.1) is 24.8 Å². The SMILES string of the molecule is NCC1COCCN1C(=O)c1cccc(F)c1F. The van der Waals surface area contributed by atoms with Gasteiger partial charge >= 0.3 is 0 Å². The first-order chi connectivity index (χ1) is 8.65. The number of nitrogens with two attached hydrogens (primary N) is 1. The number of halogens is 2. The highest BCUT2D eigenvalue weighted by molar-refractivity contribution is 5.94.